The third-order valence-electron chi connectivity index (χ3n) is 4.22. The van der Waals surface area contributed by atoms with E-state index >= 15 is 0 Å². The molecule has 0 bridgehead atoms. The molecule has 0 fully saturated rings. The van der Waals surface area contributed by atoms with Gasteiger partial charge in [0.05, 0.1) is 6.54 Å². The van der Waals surface area contributed by atoms with E-state index in [1.165, 1.54) is 0 Å². The average molecular weight is 415 g/mol. The number of halogens is 1. The minimum Gasteiger partial charge on any atom is -0.480 e. The summed E-state index contributed by atoms with van der Waals surface area (Å²) in [5.74, 6) is -1.77. The molecule has 150 valence electrons. The number of benzene rings is 2. The summed E-state index contributed by atoms with van der Waals surface area (Å²) < 4.78 is 0. The Hall–Kier alpha value is -3.52. The fraction of sp³-hybridized carbons (Fsp3) is 0.150. The van der Waals surface area contributed by atoms with Gasteiger partial charge in [0.1, 0.15) is 6.04 Å². The van der Waals surface area contributed by atoms with E-state index in [0.717, 1.165) is 16.5 Å². The number of fused-ring (bicyclic) bond motifs is 1. The van der Waals surface area contributed by atoms with Gasteiger partial charge in [-0.25, -0.2) is 9.59 Å². The van der Waals surface area contributed by atoms with Crippen molar-refractivity contribution in [3.8, 4) is 0 Å². The first kappa shape index (κ1) is 20.2. The van der Waals surface area contributed by atoms with Crippen molar-refractivity contribution in [3.63, 3.8) is 0 Å². The molecular formula is C20H19ClN4O4. The van der Waals surface area contributed by atoms with Crippen molar-refractivity contribution >= 4 is 46.1 Å². The molecule has 2 aromatic carbocycles. The van der Waals surface area contributed by atoms with Crippen LogP contribution in [0.15, 0.2) is 54.7 Å². The summed E-state index contributed by atoms with van der Waals surface area (Å²) in [4.78, 5) is 38.6. The number of amides is 3. The van der Waals surface area contributed by atoms with Crippen LogP contribution in [0.5, 0.6) is 0 Å². The van der Waals surface area contributed by atoms with Gasteiger partial charge in [0, 0.05) is 34.2 Å². The van der Waals surface area contributed by atoms with E-state index in [0.29, 0.717) is 10.7 Å². The Kier molecular flexibility index (Phi) is 6.36. The molecular weight excluding hydrogens is 396 g/mol. The van der Waals surface area contributed by atoms with Gasteiger partial charge in [0.25, 0.3) is 0 Å². The molecule has 3 aromatic rings. The zero-order chi connectivity index (χ0) is 20.8. The van der Waals surface area contributed by atoms with Gasteiger partial charge in [-0.2, -0.15) is 0 Å². The number of carboxylic acid groups (broad SMARTS) is 1. The number of rotatable bonds is 7. The normalized spacial score (nSPS) is 11.6. The number of hydrogen-bond donors (Lipinski definition) is 5. The standard InChI is InChI=1S/C20H19ClN4O4/c21-13-4-3-5-14(9-13)24-20(29)23-11-18(26)25-17(19(27)28)8-12-10-22-16-7-2-1-6-15(12)16/h1-7,9-10,17,22H,8,11H2,(H,25,26)(H,27,28)(H2,23,24,29)/t17-/m1/s1. The fourth-order valence-electron chi connectivity index (χ4n) is 2.87. The zero-order valence-corrected chi connectivity index (χ0v) is 16.0. The van der Waals surface area contributed by atoms with Crippen molar-refractivity contribution in [3.05, 3.63) is 65.3 Å². The van der Waals surface area contributed by atoms with E-state index in [1.54, 1.807) is 30.5 Å². The van der Waals surface area contributed by atoms with Crippen LogP contribution in [0, 0.1) is 0 Å². The second-order valence-corrected chi connectivity index (χ2v) is 6.78. The average Bonchev–Trinajstić information content (AvgIpc) is 3.09. The SMILES string of the molecule is O=C(CNC(=O)Nc1cccc(Cl)c1)N[C@H](Cc1c[nH]c2ccccc12)C(=O)O. The number of anilines is 1. The van der Waals surface area contributed by atoms with Crippen LogP contribution in [0.2, 0.25) is 5.02 Å². The van der Waals surface area contributed by atoms with Crippen molar-refractivity contribution < 1.29 is 19.5 Å². The Balaban J connectivity index is 1.54. The van der Waals surface area contributed by atoms with Gasteiger partial charge in [-0.05, 0) is 29.8 Å². The summed E-state index contributed by atoms with van der Waals surface area (Å²) >= 11 is 5.84. The molecule has 8 nitrogen and oxygen atoms in total. The number of hydrogen-bond acceptors (Lipinski definition) is 3. The van der Waals surface area contributed by atoms with E-state index in [1.807, 2.05) is 24.3 Å². The van der Waals surface area contributed by atoms with Gasteiger partial charge in [-0.3, -0.25) is 4.79 Å². The van der Waals surface area contributed by atoms with Crippen LogP contribution in [0.4, 0.5) is 10.5 Å². The lowest BCUT2D eigenvalue weighted by Gasteiger charge is -2.15. The maximum Gasteiger partial charge on any atom is 0.326 e. The quantitative estimate of drug-likeness (QED) is 0.408. The van der Waals surface area contributed by atoms with Gasteiger partial charge in [-0.15, -0.1) is 0 Å². The van der Waals surface area contributed by atoms with Crippen LogP contribution in [0.25, 0.3) is 10.9 Å². The van der Waals surface area contributed by atoms with E-state index in [4.69, 9.17) is 11.6 Å². The molecule has 0 aliphatic heterocycles. The number of para-hydroxylation sites is 1. The Morgan fingerprint density at radius 3 is 2.66 bits per heavy atom. The van der Waals surface area contributed by atoms with Crippen LogP contribution in [0.3, 0.4) is 0 Å². The Bertz CT molecular complexity index is 1050. The first-order valence-corrected chi connectivity index (χ1v) is 9.18. The molecule has 9 heteroatoms. The monoisotopic (exact) mass is 414 g/mol. The van der Waals surface area contributed by atoms with E-state index in [2.05, 4.69) is 20.9 Å². The molecule has 1 atom stereocenters. The van der Waals surface area contributed by atoms with Crippen molar-refractivity contribution in [2.24, 2.45) is 0 Å². The number of carbonyl (C=O) groups is 3. The lowest BCUT2D eigenvalue weighted by Crippen LogP contribution is -2.47. The maximum atomic E-state index is 12.1. The third kappa shape index (κ3) is 5.49. The Labute approximate surface area is 171 Å². The predicted molar refractivity (Wildman–Crippen MR) is 110 cm³/mol. The van der Waals surface area contributed by atoms with Crippen LogP contribution < -0.4 is 16.0 Å². The highest BCUT2D eigenvalue weighted by Crippen LogP contribution is 2.19. The molecule has 0 radical (unpaired) electrons. The number of urea groups is 1. The van der Waals surface area contributed by atoms with Crippen molar-refractivity contribution in [2.45, 2.75) is 12.5 Å². The fourth-order valence-corrected chi connectivity index (χ4v) is 3.06. The van der Waals surface area contributed by atoms with Crippen molar-refractivity contribution in [2.75, 3.05) is 11.9 Å². The summed E-state index contributed by atoms with van der Waals surface area (Å²) in [6.07, 6.45) is 1.84. The largest absolute Gasteiger partial charge is 0.480 e. The molecule has 0 saturated heterocycles. The molecule has 1 aromatic heterocycles. The molecule has 0 saturated carbocycles. The summed E-state index contributed by atoms with van der Waals surface area (Å²) in [5.41, 5.74) is 2.13. The molecule has 3 rings (SSSR count). The molecule has 0 aliphatic carbocycles. The summed E-state index contributed by atoms with van der Waals surface area (Å²) in [6.45, 7) is -0.371. The Morgan fingerprint density at radius 2 is 1.90 bits per heavy atom. The minimum absolute atomic E-state index is 0.111. The second-order valence-electron chi connectivity index (χ2n) is 6.34. The first-order valence-electron chi connectivity index (χ1n) is 8.80. The molecule has 0 spiro atoms. The highest BCUT2D eigenvalue weighted by Gasteiger charge is 2.22. The predicted octanol–water partition coefficient (Wildman–Crippen LogP) is 2.75. The van der Waals surface area contributed by atoms with Crippen LogP contribution in [-0.4, -0.2) is 40.6 Å². The van der Waals surface area contributed by atoms with Crippen LogP contribution in [-0.2, 0) is 16.0 Å². The summed E-state index contributed by atoms with van der Waals surface area (Å²) in [5, 5.41) is 18.2. The molecule has 0 unspecified atom stereocenters. The van der Waals surface area contributed by atoms with Gasteiger partial charge in [0.15, 0.2) is 0 Å². The highest BCUT2D eigenvalue weighted by atomic mass is 35.5. The van der Waals surface area contributed by atoms with E-state index in [-0.39, 0.29) is 13.0 Å². The van der Waals surface area contributed by atoms with Crippen molar-refractivity contribution in [1.82, 2.24) is 15.6 Å². The van der Waals surface area contributed by atoms with E-state index in [9.17, 15) is 19.5 Å². The number of aromatic nitrogens is 1. The highest BCUT2D eigenvalue weighted by molar-refractivity contribution is 6.30. The van der Waals surface area contributed by atoms with Gasteiger partial charge < -0.3 is 26.0 Å². The smallest absolute Gasteiger partial charge is 0.326 e. The van der Waals surface area contributed by atoms with E-state index < -0.39 is 23.9 Å². The molecule has 0 aliphatic rings. The van der Waals surface area contributed by atoms with Crippen molar-refractivity contribution in [1.29, 1.82) is 0 Å². The minimum atomic E-state index is -1.16. The number of aliphatic carboxylic acids is 1. The lowest BCUT2D eigenvalue weighted by atomic mass is 10.1. The van der Waals surface area contributed by atoms with Crippen LogP contribution >= 0.6 is 11.6 Å². The molecule has 1 heterocycles. The lowest BCUT2D eigenvalue weighted by molar-refractivity contribution is -0.141. The molecule has 5 N–H and O–H groups in total. The van der Waals surface area contributed by atoms with Gasteiger partial charge in [-0.1, -0.05) is 35.9 Å². The second kappa shape index (κ2) is 9.11. The number of aromatic amines is 1. The summed E-state index contributed by atoms with van der Waals surface area (Å²) in [7, 11) is 0. The van der Waals surface area contributed by atoms with Gasteiger partial charge >= 0.3 is 12.0 Å². The van der Waals surface area contributed by atoms with Gasteiger partial charge in [0.2, 0.25) is 5.91 Å². The number of H-pyrrole nitrogens is 1. The first-order chi connectivity index (χ1) is 13.9. The topological polar surface area (TPSA) is 123 Å². The summed E-state index contributed by atoms with van der Waals surface area (Å²) in [6, 6.07) is 12.3. The Morgan fingerprint density at radius 1 is 1.10 bits per heavy atom. The number of carbonyl (C=O) groups excluding carboxylic acids is 2. The third-order valence-corrected chi connectivity index (χ3v) is 4.46. The zero-order valence-electron chi connectivity index (χ0n) is 15.2. The number of carboxylic acids is 1. The maximum absolute atomic E-state index is 12.1. The number of nitrogens with one attached hydrogen (secondary N) is 4. The molecule has 29 heavy (non-hydrogen) atoms. The van der Waals surface area contributed by atoms with Crippen LogP contribution in [0.1, 0.15) is 5.56 Å². The molecule has 3 amide bonds.